The predicted molar refractivity (Wildman–Crippen MR) is 121 cm³/mol. The van der Waals surface area contributed by atoms with Gasteiger partial charge in [-0.3, -0.25) is 4.79 Å². The Morgan fingerprint density at radius 3 is 2.23 bits per heavy atom. The molecule has 0 aromatic heterocycles. The Morgan fingerprint density at radius 2 is 1.68 bits per heavy atom. The van der Waals surface area contributed by atoms with Crippen LogP contribution in [-0.2, 0) is 10.0 Å². The number of rotatable bonds is 8. The predicted octanol–water partition coefficient (Wildman–Crippen LogP) is 3.54. The van der Waals surface area contributed by atoms with Gasteiger partial charge >= 0.3 is 0 Å². The molecule has 0 unspecified atom stereocenters. The van der Waals surface area contributed by atoms with Gasteiger partial charge in [-0.05, 0) is 76.1 Å². The lowest BCUT2D eigenvalue weighted by Gasteiger charge is -2.22. The summed E-state index contributed by atoms with van der Waals surface area (Å²) in [5, 5.41) is 0. The average molecular weight is 449 g/mol. The monoisotopic (exact) mass is 448 g/mol. The molecule has 8 heteroatoms. The van der Waals surface area contributed by atoms with Gasteiger partial charge in [0.1, 0.15) is 23.0 Å². The average Bonchev–Trinajstić information content (AvgIpc) is 2.64. The zero-order chi connectivity index (χ0) is 23.4. The minimum absolute atomic E-state index is 0.0735. The highest BCUT2D eigenvalue weighted by Crippen LogP contribution is 2.26. The number of ether oxygens (including phenoxy) is 2. The first-order valence-electron chi connectivity index (χ1n) is 10.0. The second-order valence-corrected chi connectivity index (χ2v) is 10.3. The minimum Gasteiger partial charge on any atom is -0.495 e. The fourth-order valence-corrected chi connectivity index (χ4v) is 4.73. The van der Waals surface area contributed by atoms with Crippen LogP contribution in [0, 0.1) is 13.8 Å². The maximum absolute atomic E-state index is 12.9. The Morgan fingerprint density at radius 1 is 1.06 bits per heavy atom. The van der Waals surface area contributed by atoms with Gasteiger partial charge in [0.2, 0.25) is 10.0 Å². The van der Waals surface area contributed by atoms with Crippen LogP contribution in [0.25, 0.3) is 0 Å². The van der Waals surface area contributed by atoms with E-state index in [1.165, 1.54) is 24.1 Å². The van der Waals surface area contributed by atoms with Crippen LogP contribution in [-0.4, -0.2) is 52.1 Å². The first-order valence-corrected chi connectivity index (χ1v) is 11.5. The summed E-state index contributed by atoms with van der Waals surface area (Å²) in [5.74, 6) is 0.623. The molecule has 2 aromatic rings. The molecule has 1 N–H and O–H groups in total. The van der Waals surface area contributed by atoms with E-state index in [1.54, 1.807) is 33.9 Å². The third-order valence-electron chi connectivity index (χ3n) is 4.38. The summed E-state index contributed by atoms with van der Waals surface area (Å²) in [6, 6.07) is 10.3. The summed E-state index contributed by atoms with van der Waals surface area (Å²) in [6.45, 7) is 9.90. The van der Waals surface area contributed by atoms with E-state index in [0.717, 1.165) is 16.9 Å². The number of hydrogen-bond donors (Lipinski definition) is 1. The molecule has 0 atom stereocenters. The first-order chi connectivity index (χ1) is 14.3. The standard InChI is InChI=1S/C23H32N2O5S/c1-16-12-17(2)14-19(13-16)30-11-10-25(6)22(26)18-8-9-20(29-7)21(15-18)31(27,28)24-23(3,4)5/h8-9,12-15,24H,10-11H2,1-7H3. The third kappa shape index (κ3) is 6.97. The van der Waals surface area contributed by atoms with E-state index >= 15 is 0 Å². The molecule has 0 aliphatic heterocycles. The number of aryl methyl sites for hydroxylation is 2. The fourth-order valence-electron chi connectivity index (χ4n) is 3.12. The molecule has 170 valence electrons. The van der Waals surface area contributed by atoms with Crippen LogP contribution >= 0.6 is 0 Å². The number of sulfonamides is 1. The Hall–Kier alpha value is -2.58. The van der Waals surface area contributed by atoms with Crippen LogP contribution in [0.1, 0.15) is 42.3 Å². The van der Waals surface area contributed by atoms with E-state index in [9.17, 15) is 13.2 Å². The minimum atomic E-state index is -3.87. The normalized spacial score (nSPS) is 11.8. The highest BCUT2D eigenvalue weighted by atomic mass is 32.2. The smallest absolute Gasteiger partial charge is 0.253 e. The van der Waals surface area contributed by atoms with Gasteiger partial charge in [0.25, 0.3) is 5.91 Å². The lowest BCUT2D eigenvalue weighted by molar-refractivity contribution is 0.0773. The first kappa shape index (κ1) is 24.7. The maximum Gasteiger partial charge on any atom is 0.253 e. The number of amides is 1. The highest BCUT2D eigenvalue weighted by Gasteiger charge is 2.27. The van der Waals surface area contributed by atoms with Crippen molar-refractivity contribution in [2.24, 2.45) is 0 Å². The number of likely N-dealkylation sites (N-methyl/N-ethyl adjacent to an activating group) is 1. The Bertz CT molecular complexity index is 1020. The molecule has 0 aliphatic carbocycles. The number of carbonyl (C=O) groups is 1. The molecule has 1 amide bonds. The van der Waals surface area contributed by atoms with Gasteiger partial charge in [0.15, 0.2) is 0 Å². The molecule has 31 heavy (non-hydrogen) atoms. The molecule has 0 saturated heterocycles. The third-order valence-corrected chi connectivity index (χ3v) is 6.16. The summed E-state index contributed by atoms with van der Waals surface area (Å²) in [4.78, 5) is 14.3. The molecule has 0 radical (unpaired) electrons. The summed E-state index contributed by atoms with van der Waals surface area (Å²) in [6.07, 6.45) is 0. The molecule has 0 spiro atoms. The number of carbonyl (C=O) groups excluding carboxylic acids is 1. The van der Waals surface area contributed by atoms with Gasteiger partial charge in [-0.25, -0.2) is 13.1 Å². The van der Waals surface area contributed by atoms with Crippen molar-refractivity contribution in [3.05, 3.63) is 53.1 Å². The molecular formula is C23H32N2O5S. The van der Waals surface area contributed by atoms with E-state index in [-0.39, 0.29) is 22.1 Å². The molecule has 2 aromatic carbocycles. The van der Waals surface area contributed by atoms with Crippen LogP contribution < -0.4 is 14.2 Å². The van der Waals surface area contributed by atoms with Gasteiger partial charge in [0.05, 0.1) is 13.7 Å². The summed E-state index contributed by atoms with van der Waals surface area (Å²) < 4.78 is 39.2. The van der Waals surface area contributed by atoms with Crippen LogP contribution in [0.3, 0.4) is 0 Å². The van der Waals surface area contributed by atoms with Crippen molar-refractivity contribution in [1.29, 1.82) is 0 Å². The summed E-state index contributed by atoms with van der Waals surface area (Å²) in [5.41, 5.74) is 1.79. The van der Waals surface area contributed by atoms with Crippen molar-refractivity contribution in [3.63, 3.8) is 0 Å². The van der Waals surface area contributed by atoms with Gasteiger partial charge < -0.3 is 14.4 Å². The topological polar surface area (TPSA) is 84.9 Å². The number of hydrogen-bond acceptors (Lipinski definition) is 5. The van der Waals surface area contributed by atoms with Gasteiger partial charge in [0, 0.05) is 18.2 Å². The Labute approximate surface area is 185 Å². The van der Waals surface area contributed by atoms with Gasteiger partial charge in [-0.2, -0.15) is 0 Å². The number of nitrogens with zero attached hydrogens (tertiary/aromatic N) is 1. The Kier molecular flexibility index (Phi) is 7.72. The number of benzene rings is 2. The van der Waals surface area contributed by atoms with E-state index in [4.69, 9.17) is 9.47 Å². The molecular weight excluding hydrogens is 416 g/mol. The molecule has 0 fully saturated rings. The van der Waals surface area contributed by atoms with E-state index in [1.807, 2.05) is 26.0 Å². The zero-order valence-electron chi connectivity index (χ0n) is 19.3. The van der Waals surface area contributed by atoms with E-state index in [0.29, 0.717) is 13.2 Å². The Balaban J connectivity index is 2.15. The van der Waals surface area contributed by atoms with Crippen molar-refractivity contribution >= 4 is 15.9 Å². The van der Waals surface area contributed by atoms with Crippen molar-refractivity contribution in [3.8, 4) is 11.5 Å². The van der Waals surface area contributed by atoms with E-state index < -0.39 is 15.6 Å². The molecule has 0 bridgehead atoms. The molecule has 7 nitrogen and oxygen atoms in total. The van der Waals surface area contributed by atoms with Crippen LogP contribution in [0.15, 0.2) is 41.3 Å². The molecule has 0 heterocycles. The molecule has 0 saturated carbocycles. The SMILES string of the molecule is COc1ccc(C(=O)N(C)CCOc2cc(C)cc(C)c2)cc1S(=O)(=O)NC(C)(C)C. The molecule has 2 rings (SSSR count). The maximum atomic E-state index is 12.9. The van der Waals surface area contributed by atoms with Crippen molar-refractivity contribution in [2.75, 3.05) is 27.3 Å². The van der Waals surface area contributed by atoms with Gasteiger partial charge in [-0.15, -0.1) is 0 Å². The van der Waals surface area contributed by atoms with Crippen molar-refractivity contribution in [1.82, 2.24) is 9.62 Å². The lowest BCUT2D eigenvalue weighted by Crippen LogP contribution is -2.40. The van der Waals surface area contributed by atoms with Crippen LogP contribution in [0.5, 0.6) is 11.5 Å². The second kappa shape index (κ2) is 9.70. The van der Waals surface area contributed by atoms with Crippen LogP contribution in [0.2, 0.25) is 0 Å². The van der Waals surface area contributed by atoms with Crippen molar-refractivity contribution in [2.45, 2.75) is 45.1 Å². The summed E-state index contributed by atoms with van der Waals surface area (Å²) in [7, 11) is -0.830. The second-order valence-electron chi connectivity index (χ2n) is 8.62. The lowest BCUT2D eigenvalue weighted by atomic mass is 10.1. The number of nitrogens with one attached hydrogen (secondary N) is 1. The highest BCUT2D eigenvalue weighted by molar-refractivity contribution is 7.89. The van der Waals surface area contributed by atoms with Crippen LogP contribution in [0.4, 0.5) is 0 Å². The summed E-state index contributed by atoms with van der Waals surface area (Å²) >= 11 is 0. The van der Waals surface area contributed by atoms with Crippen molar-refractivity contribution < 1.29 is 22.7 Å². The fraction of sp³-hybridized carbons (Fsp3) is 0.435. The number of methoxy groups -OCH3 is 1. The largest absolute Gasteiger partial charge is 0.495 e. The zero-order valence-corrected chi connectivity index (χ0v) is 20.1. The van der Waals surface area contributed by atoms with Gasteiger partial charge in [-0.1, -0.05) is 6.07 Å². The quantitative estimate of drug-likeness (QED) is 0.668. The molecule has 0 aliphatic rings. The van der Waals surface area contributed by atoms with E-state index in [2.05, 4.69) is 10.8 Å².